The summed E-state index contributed by atoms with van der Waals surface area (Å²) in [5.74, 6) is 0.229. The molecular formula is C32H29FN4O3S. The number of nitrogens with one attached hydrogen (secondary N) is 1. The van der Waals surface area contributed by atoms with E-state index in [1.165, 1.54) is 29.6 Å². The zero-order valence-electron chi connectivity index (χ0n) is 22.7. The van der Waals surface area contributed by atoms with E-state index in [-0.39, 0.29) is 16.9 Å². The summed E-state index contributed by atoms with van der Waals surface area (Å²) >= 11 is 1.59. The van der Waals surface area contributed by atoms with Gasteiger partial charge in [0.05, 0.1) is 11.7 Å². The number of carbonyl (C=O) groups excluding carboxylic acids is 1. The molecule has 3 aromatic carbocycles. The topological polar surface area (TPSA) is 87.6 Å². The van der Waals surface area contributed by atoms with Gasteiger partial charge in [-0.1, -0.05) is 50.2 Å². The number of benzene rings is 3. The minimum absolute atomic E-state index is 0.00556. The molecule has 41 heavy (non-hydrogen) atoms. The molecule has 208 valence electrons. The second-order valence-electron chi connectivity index (χ2n) is 10.9. The number of rotatable bonds is 5. The van der Waals surface area contributed by atoms with E-state index in [9.17, 15) is 9.90 Å². The monoisotopic (exact) mass is 568 g/mol. The van der Waals surface area contributed by atoms with E-state index in [0.29, 0.717) is 35.7 Å². The average Bonchev–Trinajstić information content (AvgIpc) is 3.11. The molecule has 2 aliphatic heterocycles. The highest BCUT2D eigenvalue weighted by molar-refractivity contribution is 8.03. The van der Waals surface area contributed by atoms with Gasteiger partial charge in [0.2, 0.25) is 0 Å². The zero-order chi connectivity index (χ0) is 28.6. The lowest BCUT2D eigenvalue weighted by Crippen LogP contribution is -2.37. The van der Waals surface area contributed by atoms with Crippen LogP contribution in [0.1, 0.15) is 47.9 Å². The summed E-state index contributed by atoms with van der Waals surface area (Å²) in [7, 11) is 0. The molecule has 1 aromatic heterocycles. The fourth-order valence-electron chi connectivity index (χ4n) is 5.20. The Labute approximate surface area is 242 Å². The molecule has 4 aromatic rings. The van der Waals surface area contributed by atoms with E-state index >= 15 is 4.39 Å². The summed E-state index contributed by atoms with van der Waals surface area (Å²) in [6, 6.07) is 20.2. The molecule has 0 saturated carbocycles. The second-order valence-corrected chi connectivity index (χ2v) is 11.9. The van der Waals surface area contributed by atoms with E-state index in [4.69, 9.17) is 4.74 Å². The van der Waals surface area contributed by atoms with Crippen LogP contribution in [-0.4, -0.2) is 26.7 Å². The molecule has 0 saturated heterocycles. The fraction of sp³-hybridized carbons (Fsp3) is 0.219. The van der Waals surface area contributed by atoms with Gasteiger partial charge in [0.15, 0.2) is 0 Å². The first kappa shape index (κ1) is 26.8. The van der Waals surface area contributed by atoms with Crippen molar-refractivity contribution in [2.45, 2.75) is 32.9 Å². The summed E-state index contributed by atoms with van der Waals surface area (Å²) in [6.45, 7) is 4.64. The van der Waals surface area contributed by atoms with Gasteiger partial charge in [0.25, 0.3) is 5.91 Å². The summed E-state index contributed by atoms with van der Waals surface area (Å²) in [4.78, 5) is 24.7. The minimum atomic E-state index is -0.813. The van der Waals surface area contributed by atoms with Gasteiger partial charge in [-0.3, -0.25) is 9.69 Å². The number of carbonyl (C=O) groups is 1. The molecule has 7 nitrogen and oxygen atoms in total. The smallest absolute Gasteiger partial charge is 0.277 e. The molecule has 3 heterocycles. The predicted molar refractivity (Wildman–Crippen MR) is 158 cm³/mol. The van der Waals surface area contributed by atoms with E-state index in [1.807, 2.05) is 30.3 Å². The van der Waals surface area contributed by atoms with Crippen LogP contribution < -0.4 is 15.0 Å². The zero-order valence-corrected chi connectivity index (χ0v) is 23.5. The lowest BCUT2D eigenvalue weighted by Gasteiger charge is -2.37. The summed E-state index contributed by atoms with van der Waals surface area (Å²) in [5.41, 5.74) is 3.07. The number of phenols is 1. The third-order valence-corrected chi connectivity index (χ3v) is 8.87. The molecule has 1 atom stereocenters. The van der Waals surface area contributed by atoms with Gasteiger partial charge >= 0.3 is 0 Å². The van der Waals surface area contributed by atoms with Crippen LogP contribution in [0.3, 0.4) is 0 Å². The molecule has 0 aliphatic carbocycles. The number of fused-ring (bicyclic) bond motifs is 1. The van der Waals surface area contributed by atoms with Crippen molar-refractivity contribution in [2.24, 2.45) is 5.41 Å². The maximum atomic E-state index is 16.2. The van der Waals surface area contributed by atoms with Crippen LogP contribution in [0.4, 0.5) is 15.8 Å². The molecule has 0 spiro atoms. The van der Waals surface area contributed by atoms with Crippen molar-refractivity contribution in [1.29, 1.82) is 0 Å². The average molecular weight is 569 g/mol. The number of aromatic hydroxyl groups is 1. The number of amides is 1. The number of para-hydroxylation sites is 1. The number of allylic oxidation sites excluding steroid dienone is 1. The lowest BCUT2D eigenvalue weighted by molar-refractivity contribution is 0.0975. The van der Waals surface area contributed by atoms with Crippen molar-refractivity contribution in [3.05, 3.63) is 119 Å². The first-order valence-electron chi connectivity index (χ1n) is 13.3. The second kappa shape index (κ2) is 10.9. The number of ether oxygens (including phenoxy) is 1. The third-order valence-electron chi connectivity index (χ3n) is 7.17. The van der Waals surface area contributed by atoms with Crippen LogP contribution >= 0.6 is 11.8 Å². The quantitative estimate of drug-likeness (QED) is 0.249. The largest absolute Gasteiger partial charge is 0.506 e. The van der Waals surface area contributed by atoms with E-state index in [1.54, 1.807) is 42.1 Å². The Bertz CT molecular complexity index is 1630. The number of phenolic OH excluding ortho intramolecular Hbond substituents is 1. The summed E-state index contributed by atoms with van der Waals surface area (Å²) in [5, 5.41) is 14.4. The van der Waals surface area contributed by atoms with Crippen LogP contribution in [0.15, 0.2) is 95.9 Å². The SMILES string of the molecule is CC1(C)CSC2=C(C1)Nc1c(O)cccc1N(C(=O)c1ccncn1)C2c1ccc(OCc2ccccc2)cc1F. The van der Waals surface area contributed by atoms with Gasteiger partial charge in [-0.05, 0) is 47.7 Å². The maximum absolute atomic E-state index is 16.2. The van der Waals surface area contributed by atoms with Gasteiger partial charge in [-0.25, -0.2) is 14.4 Å². The minimum Gasteiger partial charge on any atom is -0.506 e. The van der Waals surface area contributed by atoms with E-state index in [2.05, 4.69) is 29.1 Å². The van der Waals surface area contributed by atoms with Crippen molar-refractivity contribution in [3.8, 4) is 11.5 Å². The molecule has 9 heteroatoms. The van der Waals surface area contributed by atoms with Gasteiger partial charge in [0, 0.05) is 34.2 Å². The molecular weight excluding hydrogens is 539 g/mol. The third kappa shape index (κ3) is 5.37. The van der Waals surface area contributed by atoms with Crippen LogP contribution in [0.25, 0.3) is 0 Å². The van der Waals surface area contributed by atoms with Crippen molar-refractivity contribution in [3.63, 3.8) is 0 Å². The lowest BCUT2D eigenvalue weighted by atomic mass is 9.88. The van der Waals surface area contributed by atoms with E-state index in [0.717, 1.165) is 21.9 Å². The number of hydrogen-bond donors (Lipinski definition) is 2. The first-order chi connectivity index (χ1) is 19.8. The number of hydrogen-bond acceptors (Lipinski definition) is 7. The van der Waals surface area contributed by atoms with Crippen LogP contribution in [0.5, 0.6) is 11.5 Å². The van der Waals surface area contributed by atoms with Gasteiger partial charge in [-0.15, -0.1) is 11.8 Å². The van der Waals surface area contributed by atoms with E-state index < -0.39 is 17.8 Å². The highest BCUT2D eigenvalue weighted by Gasteiger charge is 2.42. The molecule has 2 aliphatic rings. The fourth-order valence-corrected chi connectivity index (χ4v) is 6.53. The summed E-state index contributed by atoms with van der Waals surface area (Å²) < 4.78 is 22.0. The Balaban J connectivity index is 1.49. The standard InChI is InChI=1S/C32H29FN4O3S/c1-32(2)16-25-30(41-18-32)29(22-12-11-21(15-23(22)33)40-17-20-7-4-3-5-8-20)37(31(39)24-13-14-34-19-35-24)26-9-6-10-27(38)28(26)36-25/h3-15,19,29,36,38H,16-18H2,1-2H3. The highest BCUT2D eigenvalue weighted by atomic mass is 32.2. The van der Waals surface area contributed by atoms with Gasteiger partial charge in [0.1, 0.15) is 41.6 Å². The number of aromatic nitrogens is 2. The molecule has 1 unspecified atom stereocenters. The van der Waals surface area contributed by atoms with Crippen molar-refractivity contribution in [1.82, 2.24) is 9.97 Å². The number of nitrogens with zero attached hydrogens (tertiary/aromatic N) is 3. The Morgan fingerprint density at radius 3 is 2.73 bits per heavy atom. The Morgan fingerprint density at radius 1 is 1.15 bits per heavy atom. The van der Waals surface area contributed by atoms with Crippen LogP contribution in [-0.2, 0) is 6.61 Å². The predicted octanol–water partition coefficient (Wildman–Crippen LogP) is 7.09. The van der Waals surface area contributed by atoms with Gasteiger partial charge in [-0.2, -0.15) is 0 Å². The molecule has 0 bridgehead atoms. The highest BCUT2D eigenvalue weighted by Crippen LogP contribution is 2.53. The molecule has 0 fully saturated rings. The summed E-state index contributed by atoms with van der Waals surface area (Å²) in [6.07, 6.45) is 3.47. The Morgan fingerprint density at radius 2 is 1.98 bits per heavy atom. The Kier molecular flexibility index (Phi) is 7.13. The van der Waals surface area contributed by atoms with Crippen LogP contribution in [0.2, 0.25) is 0 Å². The van der Waals surface area contributed by atoms with Crippen molar-refractivity contribution < 1.29 is 19.0 Å². The van der Waals surface area contributed by atoms with Gasteiger partial charge < -0.3 is 15.2 Å². The molecule has 2 N–H and O–H groups in total. The maximum Gasteiger partial charge on any atom is 0.277 e. The molecule has 0 radical (unpaired) electrons. The molecule has 1 amide bonds. The number of halogens is 1. The van der Waals surface area contributed by atoms with Crippen LogP contribution in [0, 0.1) is 11.2 Å². The number of thioether (sulfide) groups is 1. The van der Waals surface area contributed by atoms with Crippen molar-refractivity contribution in [2.75, 3.05) is 16.0 Å². The Hall–Kier alpha value is -4.37. The first-order valence-corrected chi connectivity index (χ1v) is 14.3. The number of anilines is 2. The molecule has 6 rings (SSSR count). The van der Waals surface area contributed by atoms with Crippen molar-refractivity contribution >= 4 is 29.0 Å². The normalized spacial score (nSPS) is 17.6.